The molecular weight excluding hydrogens is 470 g/mol. The second-order valence-electron chi connectivity index (χ2n) is 8.83. The predicted molar refractivity (Wildman–Crippen MR) is 129 cm³/mol. The Hall–Kier alpha value is -3.86. The van der Waals surface area contributed by atoms with Gasteiger partial charge in [-0.15, -0.1) is 0 Å². The minimum absolute atomic E-state index is 0.0925. The number of pyridine rings is 2. The van der Waals surface area contributed by atoms with Gasteiger partial charge in [-0.25, -0.2) is 19.5 Å². The quantitative estimate of drug-likeness (QED) is 0.375. The number of alkyl halides is 2. The van der Waals surface area contributed by atoms with E-state index in [1.165, 1.54) is 12.3 Å². The van der Waals surface area contributed by atoms with Crippen molar-refractivity contribution in [2.24, 2.45) is 0 Å². The molecule has 188 valence electrons. The molecule has 0 aromatic carbocycles. The molecule has 36 heavy (non-hydrogen) atoms. The number of fused-ring (bicyclic) bond motifs is 1. The van der Waals surface area contributed by atoms with Gasteiger partial charge >= 0.3 is 6.61 Å². The highest BCUT2D eigenvalue weighted by Gasteiger charge is 2.23. The third-order valence-corrected chi connectivity index (χ3v) is 5.99. The van der Waals surface area contributed by atoms with E-state index < -0.39 is 6.61 Å². The summed E-state index contributed by atoms with van der Waals surface area (Å²) >= 11 is 0. The number of aliphatic hydroxyl groups excluding tert-OH is 1. The predicted octanol–water partition coefficient (Wildman–Crippen LogP) is 4.83. The molecule has 1 saturated carbocycles. The summed E-state index contributed by atoms with van der Waals surface area (Å²) in [7, 11) is 0. The highest BCUT2D eigenvalue weighted by molar-refractivity contribution is 5.75. The van der Waals surface area contributed by atoms with E-state index in [0.29, 0.717) is 54.5 Å². The zero-order valence-electron chi connectivity index (χ0n) is 19.9. The molecule has 1 aliphatic rings. The summed E-state index contributed by atoms with van der Waals surface area (Å²) in [6.07, 6.45) is 5.50. The molecule has 0 amide bonds. The van der Waals surface area contributed by atoms with Gasteiger partial charge in [0.25, 0.3) is 0 Å². The van der Waals surface area contributed by atoms with Crippen LogP contribution in [0.4, 0.5) is 20.4 Å². The van der Waals surface area contributed by atoms with Gasteiger partial charge in [-0.05, 0) is 57.2 Å². The first-order valence-corrected chi connectivity index (χ1v) is 11.7. The highest BCUT2D eigenvalue weighted by atomic mass is 19.3. The van der Waals surface area contributed by atoms with E-state index in [2.05, 4.69) is 30.1 Å². The molecule has 4 aromatic heterocycles. The van der Waals surface area contributed by atoms with Gasteiger partial charge in [0.15, 0.2) is 5.82 Å². The van der Waals surface area contributed by atoms with Crippen molar-refractivity contribution >= 4 is 17.2 Å². The van der Waals surface area contributed by atoms with Crippen LogP contribution in [-0.2, 0) is 0 Å². The summed E-state index contributed by atoms with van der Waals surface area (Å²) in [5, 5.41) is 17.5. The third kappa shape index (κ3) is 5.51. The fourth-order valence-electron chi connectivity index (χ4n) is 4.38. The van der Waals surface area contributed by atoms with Crippen LogP contribution in [0.3, 0.4) is 0 Å². The molecule has 0 unspecified atom stereocenters. The number of nitrogens with zero attached hydrogens (tertiary/aromatic N) is 5. The topological polar surface area (TPSA) is 107 Å². The van der Waals surface area contributed by atoms with E-state index >= 15 is 0 Å². The zero-order valence-corrected chi connectivity index (χ0v) is 19.9. The van der Waals surface area contributed by atoms with Gasteiger partial charge in [-0.3, -0.25) is 0 Å². The number of aromatic nitrogens is 5. The number of hydrogen-bond donors (Lipinski definition) is 2. The Morgan fingerprint density at radius 1 is 1.06 bits per heavy atom. The lowest BCUT2D eigenvalue weighted by Crippen LogP contribution is -2.26. The summed E-state index contributed by atoms with van der Waals surface area (Å²) in [6.45, 7) is 0.729. The summed E-state index contributed by atoms with van der Waals surface area (Å²) in [5.74, 6) is 2.16. The number of rotatable bonds is 7. The molecule has 9 nitrogen and oxygen atoms in total. The summed E-state index contributed by atoms with van der Waals surface area (Å²) in [5.41, 5.74) is 2.93. The Balaban J connectivity index is 1.46. The molecule has 1 aliphatic carbocycles. The highest BCUT2D eigenvalue weighted by Crippen LogP contribution is 2.35. The van der Waals surface area contributed by atoms with Crippen molar-refractivity contribution in [3.63, 3.8) is 0 Å². The van der Waals surface area contributed by atoms with Gasteiger partial charge in [0.2, 0.25) is 5.88 Å². The van der Waals surface area contributed by atoms with E-state index in [4.69, 9.17) is 4.74 Å². The van der Waals surface area contributed by atoms with Gasteiger partial charge in [-0.1, -0.05) is 0 Å². The van der Waals surface area contributed by atoms with Crippen molar-refractivity contribution in [1.82, 2.24) is 24.6 Å². The number of hydrogen-bond acceptors (Lipinski definition) is 8. The standard InChI is InChI=1S/C25H26F2N6O3/c1-14-9-22(30-15(2)29-14)31-23-11-17-10-16(7-8-33(17)32-23)20-12-24(36-25(26)27)28-13-21(20)35-19-5-3-18(34)4-6-19/h7-13,18-19,25,34H,3-6H2,1-2H3,(H,29,30,31,32). The molecule has 0 spiro atoms. The molecule has 4 aromatic rings. The molecule has 0 atom stereocenters. The second kappa shape index (κ2) is 10.0. The molecule has 1 fully saturated rings. The summed E-state index contributed by atoms with van der Waals surface area (Å²) in [4.78, 5) is 12.7. The van der Waals surface area contributed by atoms with Gasteiger partial charge in [0.1, 0.15) is 17.4 Å². The number of halogens is 2. The van der Waals surface area contributed by atoms with E-state index in [0.717, 1.165) is 16.8 Å². The third-order valence-electron chi connectivity index (χ3n) is 5.99. The van der Waals surface area contributed by atoms with Crippen molar-refractivity contribution in [2.75, 3.05) is 5.32 Å². The van der Waals surface area contributed by atoms with E-state index in [1.54, 1.807) is 10.7 Å². The zero-order chi connectivity index (χ0) is 25.2. The van der Waals surface area contributed by atoms with Crippen LogP contribution >= 0.6 is 0 Å². The number of ether oxygens (including phenoxy) is 2. The van der Waals surface area contributed by atoms with E-state index in [1.807, 2.05) is 38.1 Å². The van der Waals surface area contributed by atoms with Crippen LogP contribution in [0.25, 0.3) is 16.6 Å². The normalized spacial score (nSPS) is 17.9. The van der Waals surface area contributed by atoms with Crippen LogP contribution in [0.5, 0.6) is 11.6 Å². The van der Waals surface area contributed by atoms with Crippen molar-refractivity contribution < 1.29 is 23.4 Å². The lowest BCUT2D eigenvalue weighted by molar-refractivity contribution is -0.0528. The fourth-order valence-corrected chi connectivity index (χ4v) is 4.38. The Morgan fingerprint density at radius 3 is 2.61 bits per heavy atom. The van der Waals surface area contributed by atoms with Gasteiger partial charge in [-0.2, -0.15) is 13.9 Å². The molecule has 4 heterocycles. The Morgan fingerprint density at radius 2 is 1.86 bits per heavy atom. The second-order valence-corrected chi connectivity index (χ2v) is 8.83. The largest absolute Gasteiger partial charge is 0.488 e. The van der Waals surface area contributed by atoms with E-state index in [9.17, 15) is 13.9 Å². The fraction of sp³-hybridized carbons (Fsp3) is 0.360. The molecule has 2 N–H and O–H groups in total. The lowest BCUT2D eigenvalue weighted by Gasteiger charge is -2.27. The smallest absolute Gasteiger partial charge is 0.388 e. The molecule has 0 aliphatic heterocycles. The van der Waals surface area contributed by atoms with Crippen LogP contribution in [0.1, 0.15) is 37.2 Å². The van der Waals surface area contributed by atoms with Gasteiger partial charge < -0.3 is 19.9 Å². The molecule has 5 rings (SSSR count). The minimum Gasteiger partial charge on any atom is -0.488 e. The Labute approximate surface area is 206 Å². The summed E-state index contributed by atoms with van der Waals surface area (Å²) in [6, 6.07) is 8.84. The number of aryl methyl sites for hydroxylation is 2. The first-order valence-electron chi connectivity index (χ1n) is 11.7. The molecule has 0 radical (unpaired) electrons. The number of anilines is 2. The SMILES string of the molecule is Cc1cc(Nc2cc3cc(-c4cc(OC(F)F)ncc4OC4CCC(O)CC4)ccn3n2)nc(C)n1. The van der Waals surface area contributed by atoms with Crippen LogP contribution in [-0.4, -0.2) is 48.5 Å². The average Bonchev–Trinajstić information content (AvgIpc) is 3.22. The van der Waals surface area contributed by atoms with Gasteiger partial charge in [0, 0.05) is 35.7 Å². The molecule has 0 bridgehead atoms. The maximum Gasteiger partial charge on any atom is 0.388 e. The summed E-state index contributed by atoms with van der Waals surface area (Å²) < 4.78 is 38.2. The minimum atomic E-state index is -2.99. The maximum absolute atomic E-state index is 12.9. The Bertz CT molecular complexity index is 1350. The van der Waals surface area contributed by atoms with E-state index in [-0.39, 0.29) is 18.1 Å². The molecule has 0 saturated heterocycles. The molecular formula is C25H26F2N6O3. The monoisotopic (exact) mass is 496 g/mol. The lowest BCUT2D eigenvalue weighted by atomic mass is 9.95. The first-order chi connectivity index (χ1) is 17.3. The molecule has 11 heteroatoms. The van der Waals surface area contributed by atoms with Gasteiger partial charge in [0.05, 0.1) is 23.9 Å². The first kappa shape index (κ1) is 23.9. The van der Waals surface area contributed by atoms with Crippen LogP contribution in [0, 0.1) is 13.8 Å². The number of aliphatic hydroxyl groups is 1. The van der Waals surface area contributed by atoms with Crippen molar-refractivity contribution in [3.05, 3.63) is 54.2 Å². The van der Waals surface area contributed by atoms with Crippen LogP contribution < -0.4 is 14.8 Å². The van der Waals surface area contributed by atoms with Crippen molar-refractivity contribution in [2.45, 2.75) is 58.4 Å². The average molecular weight is 497 g/mol. The van der Waals surface area contributed by atoms with Crippen LogP contribution in [0.2, 0.25) is 0 Å². The van der Waals surface area contributed by atoms with Crippen LogP contribution in [0.15, 0.2) is 42.7 Å². The van der Waals surface area contributed by atoms with Crippen molar-refractivity contribution in [1.29, 1.82) is 0 Å². The Kier molecular flexibility index (Phi) is 6.64. The number of nitrogens with one attached hydrogen (secondary N) is 1. The van der Waals surface area contributed by atoms with Crippen molar-refractivity contribution in [3.8, 4) is 22.8 Å². The maximum atomic E-state index is 12.9.